The third-order valence-corrected chi connectivity index (χ3v) is 4.48. The van der Waals surface area contributed by atoms with Crippen LogP contribution >= 0.6 is 23.4 Å². The van der Waals surface area contributed by atoms with Gasteiger partial charge < -0.3 is 11.1 Å². The highest BCUT2D eigenvalue weighted by molar-refractivity contribution is 7.99. The molecule has 20 heavy (non-hydrogen) atoms. The van der Waals surface area contributed by atoms with Crippen LogP contribution < -0.4 is 11.1 Å². The highest BCUT2D eigenvalue weighted by Crippen LogP contribution is 2.40. The van der Waals surface area contributed by atoms with Crippen LogP contribution in [0, 0.1) is 5.82 Å². The normalized spacial score (nSPS) is 16.9. The molecule has 3 N–H and O–H groups in total. The van der Waals surface area contributed by atoms with Gasteiger partial charge in [0.05, 0.1) is 5.02 Å². The lowest BCUT2D eigenvalue weighted by Crippen LogP contribution is -2.19. The van der Waals surface area contributed by atoms with Crippen LogP contribution in [0.2, 0.25) is 5.02 Å². The zero-order valence-corrected chi connectivity index (χ0v) is 11.8. The Labute approximate surface area is 124 Å². The van der Waals surface area contributed by atoms with E-state index in [1.54, 1.807) is 24.3 Å². The summed E-state index contributed by atoms with van der Waals surface area (Å²) in [6.07, 6.45) is 0. The zero-order valence-electron chi connectivity index (χ0n) is 10.2. The van der Waals surface area contributed by atoms with Crippen LogP contribution in [0.15, 0.2) is 46.2 Å². The number of benzene rings is 2. The Balaban J connectivity index is 1.96. The monoisotopic (exact) mass is 308 g/mol. The molecule has 0 aromatic heterocycles. The molecule has 102 valence electrons. The number of halogens is 2. The maximum absolute atomic E-state index is 13.2. The van der Waals surface area contributed by atoms with Gasteiger partial charge in [-0.25, -0.2) is 4.39 Å². The Bertz CT molecular complexity index is 708. The standard InChI is InChI=1S/C14H10ClFN2OS/c15-10-5-9-11(18-14(19)13(9)17)6-12(10)20-8-3-1-2-7(16)4-8/h1-6,13H,17H2,(H,18,19). The van der Waals surface area contributed by atoms with Gasteiger partial charge >= 0.3 is 0 Å². The Morgan fingerprint density at radius 2 is 2.10 bits per heavy atom. The minimum Gasteiger partial charge on any atom is -0.324 e. The van der Waals surface area contributed by atoms with Crippen LogP contribution in [0.3, 0.4) is 0 Å². The van der Waals surface area contributed by atoms with E-state index in [9.17, 15) is 9.18 Å². The Hall–Kier alpha value is -1.56. The van der Waals surface area contributed by atoms with Crippen molar-refractivity contribution in [2.24, 2.45) is 5.73 Å². The van der Waals surface area contributed by atoms with Crippen molar-refractivity contribution in [1.29, 1.82) is 0 Å². The molecule has 0 saturated heterocycles. The molecule has 0 aliphatic carbocycles. The quantitative estimate of drug-likeness (QED) is 0.891. The Morgan fingerprint density at radius 3 is 2.85 bits per heavy atom. The molecule has 0 fully saturated rings. The molecule has 0 saturated carbocycles. The minimum atomic E-state index is -0.685. The average molecular weight is 309 g/mol. The second kappa shape index (κ2) is 5.09. The highest BCUT2D eigenvalue weighted by Gasteiger charge is 2.28. The molecule has 0 spiro atoms. The number of carbonyl (C=O) groups excluding carboxylic acids is 1. The third kappa shape index (κ3) is 2.40. The van der Waals surface area contributed by atoms with E-state index < -0.39 is 6.04 Å². The van der Waals surface area contributed by atoms with Gasteiger partial charge in [-0.05, 0) is 30.3 Å². The Kier molecular flexibility index (Phi) is 3.41. The van der Waals surface area contributed by atoms with E-state index >= 15 is 0 Å². The van der Waals surface area contributed by atoms with E-state index in [-0.39, 0.29) is 11.7 Å². The average Bonchev–Trinajstić information content (AvgIpc) is 2.66. The fourth-order valence-electron chi connectivity index (χ4n) is 2.02. The van der Waals surface area contributed by atoms with Gasteiger partial charge in [0.1, 0.15) is 11.9 Å². The van der Waals surface area contributed by atoms with Gasteiger partial charge in [-0.15, -0.1) is 0 Å². The number of hydrogen-bond acceptors (Lipinski definition) is 3. The first kappa shape index (κ1) is 13.4. The number of carbonyl (C=O) groups is 1. The van der Waals surface area contributed by atoms with Crippen molar-refractivity contribution < 1.29 is 9.18 Å². The lowest BCUT2D eigenvalue weighted by Gasteiger charge is -2.08. The van der Waals surface area contributed by atoms with E-state index in [0.717, 1.165) is 9.79 Å². The van der Waals surface area contributed by atoms with Crippen molar-refractivity contribution in [3.8, 4) is 0 Å². The second-order valence-corrected chi connectivity index (χ2v) is 5.92. The fraction of sp³-hybridized carbons (Fsp3) is 0.0714. The van der Waals surface area contributed by atoms with Crippen LogP contribution in [-0.4, -0.2) is 5.91 Å². The largest absolute Gasteiger partial charge is 0.324 e. The van der Waals surface area contributed by atoms with Crippen molar-refractivity contribution in [3.05, 3.63) is 52.8 Å². The molecule has 1 unspecified atom stereocenters. The maximum Gasteiger partial charge on any atom is 0.245 e. The molecule has 1 heterocycles. The molecule has 3 nitrogen and oxygen atoms in total. The number of amides is 1. The van der Waals surface area contributed by atoms with E-state index in [1.165, 1.54) is 23.9 Å². The number of rotatable bonds is 2. The zero-order chi connectivity index (χ0) is 14.3. The summed E-state index contributed by atoms with van der Waals surface area (Å²) in [7, 11) is 0. The molecule has 1 aliphatic rings. The molecule has 0 bridgehead atoms. The lowest BCUT2D eigenvalue weighted by molar-refractivity contribution is -0.116. The van der Waals surface area contributed by atoms with Gasteiger partial charge in [0.15, 0.2) is 0 Å². The van der Waals surface area contributed by atoms with Crippen LogP contribution in [0.5, 0.6) is 0 Å². The first-order valence-corrected chi connectivity index (χ1v) is 7.07. The van der Waals surface area contributed by atoms with Crippen LogP contribution in [0.25, 0.3) is 0 Å². The second-order valence-electron chi connectivity index (χ2n) is 4.40. The molecule has 2 aromatic carbocycles. The number of nitrogens with two attached hydrogens (primary N) is 1. The summed E-state index contributed by atoms with van der Waals surface area (Å²) in [5, 5.41) is 3.19. The van der Waals surface area contributed by atoms with E-state index in [0.29, 0.717) is 16.3 Å². The molecular formula is C14H10ClFN2OS. The molecule has 0 radical (unpaired) electrons. The molecule has 1 aliphatic heterocycles. The summed E-state index contributed by atoms with van der Waals surface area (Å²) < 4.78 is 13.2. The van der Waals surface area contributed by atoms with E-state index in [2.05, 4.69) is 5.32 Å². The van der Waals surface area contributed by atoms with E-state index in [1.807, 2.05) is 0 Å². The first-order chi connectivity index (χ1) is 9.54. The summed E-state index contributed by atoms with van der Waals surface area (Å²) in [6.45, 7) is 0. The topological polar surface area (TPSA) is 55.1 Å². The predicted molar refractivity (Wildman–Crippen MR) is 77.5 cm³/mol. The lowest BCUT2D eigenvalue weighted by atomic mass is 10.1. The molecule has 6 heteroatoms. The van der Waals surface area contributed by atoms with Gasteiger partial charge in [-0.1, -0.05) is 29.4 Å². The maximum atomic E-state index is 13.2. The minimum absolute atomic E-state index is 0.246. The first-order valence-electron chi connectivity index (χ1n) is 5.88. The third-order valence-electron chi connectivity index (χ3n) is 3.00. The van der Waals surface area contributed by atoms with Crippen molar-refractivity contribution in [3.63, 3.8) is 0 Å². The number of anilines is 1. The molecule has 1 amide bonds. The summed E-state index contributed by atoms with van der Waals surface area (Å²) >= 11 is 7.53. The number of hydrogen-bond donors (Lipinski definition) is 2. The van der Waals surface area contributed by atoms with Gasteiger partial charge in [0.2, 0.25) is 5.91 Å². The van der Waals surface area contributed by atoms with E-state index in [4.69, 9.17) is 17.3 Å². The molecular weight excluding hydrogens is 299 g/mol. The summed E-state index contributed by atoms with van der Waals surface area (Å²) in [5.41, 5.74) is 7.10. The van der Waals surface area contributed by atoms with Crippen molar-refractivity contribution in [1.82, 2.24) is 0 Å². The fourth-order valence-corrected chi connectivity index (χ4v) is 3.21. The molecule has 1 atom stereocenters. The molecule has 3 rings (SSSR count). The summed E-state index contributed by atoms with van der Waals surface area (Å²) in [4.78, 5) is 13.0. The Morgan fingerprint density at radius 1 is 1.30 bits per heavy atom. The number of nitrogens with one attached hydrogen (secondary N) is 1. The van der Waals surface area contributed by atoms with Crippen LogP contribution in [0.4, 0.5) is 10.1 Å². The van der Waals surface area contributed by atoms with Gasteiger partial charge in [0, 0.05) is 21.0 Å². The highest BCUT2D eigenvalue weighted by atomic mass is 35.5. The van der Waals surface area contributed by atoms with Crippen molar-refractivity contribution in [2.75, 3.05) is 5.32 Å². The summed E-state index contributed by atoms with van der Waals surface area (Å²) in [5.74, 6) is -0.549. The van der Waals surface area contributed by atoms with Crippen LogP contribution in [0.1, 0.15) is 11.6 Å². The van der Waals surface area contributed by atoms with Crippen LogP contribution in [-0.2, 0) is 4.79 Å². The predicted octanol–water partition coefficient (Wildman–Crippen LogP) is 3.58. The summed E-state index contributed by atoms with van der Waals surface area (Å²) in [6, 6.07) is 9.00. The van der Waals surface area contributed by atoms with Crippen molar-refractivity contribution in [2.45, 2.75) is 15.8 Å². The van der Waals surface area contributed by atoms with Crippen molar-refractivity contribution >= 4 is 35.0 Å². The van der Waals surface area contributed by atoms with Gasteiger partial charge in [-0.2, -0.15) is 0 Å². The number of fused-ring (bicyclic) bond motifs is 1. The SMILES string of the molecule is NC1C(=O)Nc2cc(Sc3cccc(F)c3)c(Cl)cc21. The smallest absolute Gasteiger partial charge is 0.245 e. The molecule has 2 aromatic rings. The van der Waals surface area contributed by atoms with Gasteiger partial charge in [-0.3, -0.25) is 4.79 Å². The van der Waals surface area contributed by atoms with Gasteiger partial charge in [0.25, 0.3) is 0 Å².